The van der Waals surface area contributed by atoms with Crippen LogP contribution in [0.1, 0.15) is 31.5 Å². The molecule has 0 saturated carbocycles. The zero-order chi connectivity index (χ0) is 14.8. The molecule has 1 heterocycles. The van der Waals surface area contributed by atoms with E-state index in [1.165, 1.54) is 0 Å². The molecule has 0 aromatic carbocycles. The van der Waals surface area contributed by atoms with E-state index in [1.54, 1.807) is 6.20 Å². The van der Waals surface area contributed by atoms with Crippen LogP contribution in [-0.4, -0.2) is 35.8 Å². The van der Waals surface area contributed by atoms with Gasteiger partial charge in [0, 0.05) is 26.0 Å². The minimum absolute atomic E-state index is 0.0302. The second-order valence-corrected chi connectivity index (χ2v) is 5.00. The van der Waals surface area contributed by atoms with E-state index in [0.29, 0.717) is 18.2 Å². The maximum Gasteiger partial charge on any atom is 0.189 e. The van der Waals surface area contributed by atoms with Crippen LogP contribution >= 0.6 is 0 Å². The van der Waals surface area contributed by atoms with Crippen molar-refractivity contribution in [2.45, 2.75) is 26.8 Å². The van der Waals surface area contributed by atoms with Crippen LogP contribution in [0.25, 0.3) is 0 Å². The van der Waals surface area contributed by atoms with E-state index in [1.807, 2.05) is 12.1 Å². The predicted molar refractivity (Wildman–Crippen MR) is 78.7 cm³/mol. The lowest BCUT2D eigenvalue weighted by atomic mass is 10.2. The number of amidine groups is 1. The number of nitrogens with one attached hydrogen (secondary N) is 1. The Kier molecular flexibility index (Phi) is 7.60. The molecule has 0 spiro atoms. The number of ether oxygens (including phenoxy) is 1. The van der Waals surface area contributed by atoms with Gasteiger partial charge in [-0.15, -0.1) is 0 Å². The summed E-state index contributed by atoms with van der Waals surface area (Å²) in [6.45, 7) is 7.30. The smallest absolute Gasteiger partial charge is 0.189 e. The Morgan fingerprint density at radius 3 is 3.05 bits per heavy atom. The van der Waals surface area contributed by atoms with Crippen LogP contribution in [0.3, 0.4) is 0 Å². The maximum atomic E-state index is 8.71. The summed E-state index contributed by atoms with van der Waals surface area (Å²) in [5, 5.41) is 15.0. The summed E-state index contributed by atoms with van der Waals surface area (Å²) in [5.74, 6) is 0.601. The Balaban J connectivity index is 2.29. The van der Waals surface area contributed by atoms with E-state index in [-0.39, 0.29) is 5.84 Å². The molecule has 6 heteroatoms. The molecule has 0 aliphatic heterocycles. The average Bonchev–Trinajstić information content (AvgIpc) is 2.45. The van der Waals surface area contributed by atoms with Crippen LogP contribution in [-0.2, 0) is 11.3 Å². The topological polar surface area (TPSA) is 92.8 Å². The highest BCUT2D eigenvalue weighted by Gasteiger charge is 2.07. The van der Waals surface area contributed by atoms with Crippen LogP contribution in [0.2, 0.25) is 0 Å². The number of hydrogen-bond donors (Lipinski definition) is 3. The third-order valence-electron chi connectivity index (χ3n) is 2.65. The minimum atomic E-state index is 0.0302. The Labute approximate surface area is 120 Å². The molecule has 0 aliphatic rings. The van der Waals surface area contributed by atoms with Gasteiger partial charge >= 0.3 is 0 Å². The van der Waals surface area contributed by atoms with Gasteiger partial charge in [0.1, 0.15) is 5.69 Å². The molecule has 0 atom stereocenters. The predicted octanol–water partition coefficient (Wildman–Crippen LogP) is 1.33. The van der Waals surface area contributed by atoms with Crippen molar-refractivity contribution in [3.8, 4) is 0 Å². The summed E-state index contributed by atoms with van der Waals surface area (Å²) in [6.07, 6.45) is 2.57. The molecule has 0 radical (unpaired) electrons. The minimum Gasteiger partial charge on any atom is -0.409 e. The Hall–Kier alpha value is -1.66. The normalized spacial score (nSPS) is 12.1. The summed E-state index contributed by atoms with van der Waals surface area (Å²) in [6, 6.07) is 3.74. The van der Waals surface area contributed by atoms with Gasteiger partial charge in [0.15, 0.2) is 5.84 Å². The van der Waals surface area contributed by atoms with Crippen molar-refractivity contribution in [2.24, 2.45) is 16.8 Å². The van der Waals surface area contributed by atoms with Gasteiger partial charge in [0.25, 0.3) is 0 Å². The molecule has 1 rings (SSSR count). The zero-order valence-electron chi connectivity index (χ0n) is 12.2. The first kappa shape index (κ1) is 16.4. The van der Waals surface area contributed by atoms with Crippen molar-refractivity contribution < 1.29 is 9.94 Å². The third-order valence-corrected chi connectivity index (χ3v) is 2.65. The fraction of sp³-hybridized carbons (Fsp3) is 0.571. The molecule has 0 amide bonds. The van der Waals surface area contributed by atoms with Gasteiger partial charge in [0.2, 0.25) is 0 Å². The highest BCUT2D eigenvalue weighted by Crippen LogP contribution is 2.04. The van der Waals surface area contributed by atoms with Gasteiger partial charge in [-0.2, -0.15) is 0 Å². The summed E-state index contributed by atoms with van der Waals surface area (Å²) in [4.78, 5) is 4.12. The van der Waals surface area contributed by atoms with E-state index in [9.17, 15) is 0 Å². The molecule has 0 saturated heterocycles. The molecule has 0 aliphatic carbocycles. The quantitative estimate of drug-likeness (QED) is 0.209. The van der Waals surface area contributed by atoms with Crippen molar-refractivity contribution in [1.29, 1.82) is 0 Å². The molecule has 112 valence electrons. The number of oxime groups is 1. The van der Waals surface area contributed by atoms with Gasteiger partial charge in [-0.05, 0) is 30.5 Å². The Morgan fingerprint density at radius 1 is 1.55 bits per heavy atom. The van der Waals surface area contributed by atoms with Gasteiger partial charge in [-0.1, -0.05) is 25.1 Å². The van der Waals surface area contributed by atoms with Crippen LogP contribution in [0.5, 0.6) is 0 Å². The maximum absolute atomic E-state index is 8.71. The standard InChI is InChI=1S/C14H24N4O2/c1-11(2)10-20-8-4-6-16-9-12-5-3-7-17-13(12)14(15)18-19/h3,5,7,11,16,19H,4,6,8-10H2,1-2H3,(H2,15,18). The van der Waals surface area contributed by atoms with Gasteiger partial charge < -0.3 is 21.0 Å². The second kappa shape index (κ2) is 9.28. The monoisotopic (exact) mass is 280 g/mol. The number of aromatic nitrogens is 1. The molecule has 6 nitrogen and oxygen atoms in total. The summed E-state index contributed by atoms with van der Waals surface area (Å²) in [5.41, 5.74) is 7.00. The van der Waals surface area contributed by atoms with Crippen molar-refractivity contribution in [3.63, 3.8) is 0 Å². The van der Waals surface area contributed by atoms with Crippen LogP contribution in [0.15, 0.2) is 23.5 Å². The summed E-state index contributed by atoms with van der Waals surface area (Å²) < 4.78 is 5.50. The van der Waals surface area contributed by atoms with E-state index >= 15 is 0 Å². The van der Waals surface area contributed by atoms with Gasteiger partial charge in [-0.25, -0.2) is 0 Å². The molecule has 20 heavy (non-hydrogen) atoms. The lowest BCUT2D eigenvalue weighted by Gasteiger charge is -2.09. The van der Waals surface area contributed by atoms with Crippen LogP contribution in [0.4, 0.5) is 0 Å². The van der Waals surface area contributed by atoms with Gasteiger partial charge in [-0.3, -0.25) is 4.98 Å². The number of hydrogen-bond acceptors (Lipinski definition) is 5. The molecule has 1 aromatic rings. The third kappa shape index (κ3) is 5.99. The molecular weight excluding hydrogens is 256 g/mol. The zero-order valence-corrected chi connectivity index (χ0v) is 12.2. The lowest BCUT2D eigenvalue weighted by molar-refractivity contribution is 0.108. The highest BCUT2D eigenvalue weighted by molar-refractivity contribution is 5.96. The van der Waals surface area contributed by atoms with Crippen LogP contribution in [0, 0.1) is 5.92 Å². The molecule has 0 fully saturated rings. The van der Waals surface area contributed by atoms with E-state index in [0.717, 1.165) is 31.7 Å². The Morgan fingerprint density at radius 2 is 2.35 bits per heavy atom. The number of rotatable bonds is 9. The summed E-state index contributed by atoms with van der Waals surface area (Å²) >= 11 is 0. The largest absolute Gasteiger partial charge is 0.409 e. The molecular formula is C14H24N4O2. The second-order valence-electron chi connectivity index (χ2n) is 5.00. The first-order valence-electron chi connectivity index (χ1n) is 6.85. The molecule has 4 N–H and O–H groups in total. The summed E-state index contributed by atoms with van der Waals surface area (Å²) in [7, 11) is 0. The highest BCUT2D eigenvalue weighted by atomic mass is 16.5. The van der Waals surface area contributed by atoms with Crippen LogP contribution < -0.4 is 11.1 Å². The number of nitrogens with zero attached hydrogens (tertiary/aromatic N) is 2. The number of nitrogens with two attached hydrogens (primary N) is 1. The van der Waals surface area contributed by atoms with E-state index < -0.39 is 0 Å². The molecule has 0 bridgehead atoms. The van der Waals surface area contributed by atoms with Gasteiger partial charge in [0.05, 0.1) is 0 Å². The molecule has 0 unspecified atom stereocenters. The fourth-order valence-corrected chi connectivity index (χ4v) is 1.70. The van der Waals surface area contributed by atoms with Crippen molar-refractivity contribution in [2.75, 3.05) is 19.8 Å². The lowest BCUT2D eigenvalue weighted by Crippen LogP contribution is -2.22. The van der Waals surface area contributed by atoms with Crippen molar-refractivity contribution in [1.82, 2.24) is 10.3 Å². The van der Waals surface area contributed by atoms with Crippen molar-refractivity contribution >= 4 is 5.84 Å². The number of pyridine rings is 1. The Bertz CT molecular complexity index is 421. The SMILES string of the molecule is CC(C)COCCCNCc1cccnc1/C(N)=N/O. The average molecular weight is 280 g/mol. The van der Waals surface area contributed by atoms with E-state index in [4.69, 9.17) is 15.7 Å². The first-order chi connectivity index (χ1) is 9.65. The fourth-order valence-electron chi connectivity index (χ4n) is 1.70. The van der Waals surface area contributed by atoms with Crippen molar-refractivity contribution in [3.05, 3.63) is 29.6 Å². The van der Waals surface area contributed by atoms with E-state index in [2.05, 4.69) is 29.3 Å². The first-order valence-corrected chi connectivity index (χ1v) is 6.85. The molecule has 1 aromatic heterocycles.